The Balaban J connectivity index is 1.69. The van der Waals surface area contributed by atoms with Crippen LogP contribution >= 0.6 is 11.6 Å². The Morgan fingerprint density at radius 1 is 1.23 bits per heavy atom. The summed E-state index contributed by atoms with van der Waals surface area (Å²) >= 11 is 5.86. The fourth-order valence-corrected chi connectivity index (χ4v) is 3.28. The van der Waals surface area contributed by atoms with Gasteiger partial charge in [-0.1, -0.05) is 11.6 Å². The molecule has 0 fully saturated rings. The molecule has 0 saturated carbocycles. The van der Waals surface area contributed by atoms with Crippen molar-refractivity contribution >= 4 is 34.0 Å². The maximum Gasteiger partial charge on any atom is 0.232 e. The van der Waals surface area contributed by atoms with Crippen LogP contribution in [0.25, 0.3) is 10.8 Å². The number of fused-ring (bicyclic) bond motifs is 2. The molecule has 1 aromatic heterocycles. The molecule has 132 valence electrons. The predicted molar refractivity (Wildman–Crippen MR) is 94.6 cm³/mol. The molecule has 1 aliphatic rings. The largest absolute Gasteiger partial charge is 0.493 e. The van der Waals surface area contributed by atoms with Crippen LogP contribution in [0.15, 0.2) is 42.7 Å². The average molecular weight is 375 g/mol. The first-order chi connectivity index (χ1) is 12.5. The number of rotatable bonds is 2. The highest BCUT2D eigenvalue weighted by atomic mass is 35.5. The third-order valence-electron chi connectivity index (χ3n) is 4.39. The fourth-order valence-electron chi connectivity index (χ4n) is 3.11. The van der Waals surface area contributed by atoms with E-state index in [0.29, 0.717) is 34.2 Å². The summed E-state index contributed by atoms with van der Waals surface area (Å²) in [5.74, 6) is -1.56. The first-order valence-electron chi connectivity index (χ1n) is 7.99. The number of hydrogen-bond donors (Lipinski definition) is 1. The number of anilines is 1. The Morgan fingerprint density at radius 3 is 2.92 bits per heavy atom. The third-order valence-corrected chi connectivity index (χ3v) is 4.68. The van der Waals surface area contributed by atoms with Gasteiger partial charge in [-0.25, -0.2) is 8.78 Å². The van der Waals surface area contributed by atoms with E-state index in [-0.39, 0.29) is 17.5 Å². The van der Waals surface area contributed by atoms with Crippen molar-refractivity contribution in [2.75, 3.05) is 11.9 Å². The van der Waals surface area contributed by atoms with Crippen molar-refractivity contribution in [2.45, 2.75) is 12.3 Å². The van der Waals surface area contributed by atoms with Gasteiger partial charge in [0.25, 0.3) is 0 Å². The van der Waals surface area contributed by atoms with E-state index in [1.165, 1.54) is 30.5 Å². The molecular formula is C19H13ClF2N2O2. The van der Waals surface area contributed by atoms with Crippen LogP contribution in [0, 0.1) is 11.6 Å². The number of nitrogens with zero attached hydrogens (tertiary/aromatic N) is 1. The van der Waals surface area contributed by atoms with Crippen LogP contribution in [0.3, 0.4) is 0 Å². The highest BCUT2D eigenvalue weighted by Crippen LogP contribution is 2.38. The van der Waals surface area contributed by atoms with E-state index in [1.54, 1.807) is 12.3 Å². The highest BCUT2D eigenvalue weighted by Gasteiger charge is 2.29. The molecule has 1 aliphatic heterocycles. The van der Waals surface area contributed by atoms with E-state index in [4.69, 9.17) is 16.3 Å². The third kappa shape index (κ3) is 2.97. The molecule has 0 saturated heterocycles. The zero-order valence-corrected chi connectivity index (χ0v) is 14.2. The topological polar surface area (TPSA) is 51.2 Å². The van der Waals surface area contributed by atoms with Crippen LogP contribution in [-0.2, 0) is 4.79 Å². The Kier molecular flexibility index (Phi) is 4.20. The van der Waals surface area contributed by atoms with Gasteiger partial charge in [0.15, 0.2) is 0 Å². The number of carbonyl (C=O) groups is 1. The van der Waals surface area contributed by atoms with E-state index in [9.17, 15) is 13.6 Å². The molecule has 1 amide bonds. The Morgan fingerprint density at radius 2 is 2.08 bits per heavy atom. The first kappa shape index (κ1) is 16.7. The van der Waals surface area contributed by atoms with E-state index in [2.05, 4.69) is 10.3 Å². The van der Waals surface area contributed by atoms with Gasteiger partial charge in [-0.3, -0.25) is 9.78 Å². The lowest BCUT2D eigenvalue weighted by Gasteiger charge is -2.25. The lowest BCUT2D eigenvalue weighted by Crippen LogP contribution is -2.26. The minimum absolute atomic E-state index is 0.0686. The maximum atomic E-state index is 13.6. The van der Waals surface area contributed by atoms with Crippen LogP contribution in [0.4, 0.5) is 14.5 Å². The second kappa shape index (κ2) is 6.53. The molecule has 4 nitrogen and oxygen atoms in total. The van der Waals surface area contributed by atoms with Crippen LogP contribution in [0.5, 0.6) is 5.75 Å². The minimum Gasteiger partial charge on any atom is -0.493 e. The number of aromatic nitrogens is 1. The zero-order valence-electron chi connectivity index (χ0n) is 13.4. The quantitative estimate of drug-likeness (QED) is 0.709. The molecule has 0 spiro atoms. The molecule has 26 heavy (non-hydrogen) atoms. The summed E-state index contributed by atoms with van der Waals surface area (Å²) in [7, 11) is 0. The van der Waals surface area contributed by atoms with Crippen molar-refractivity contribution in [1.29, 1.82) is 0 Å². The lowest BCUT2D eigenvalue weighted by atomic mass is 9.92. The highest BCUT2D eigenvalue weighted by molar-refractivity contribution is 6.30. The Labute approximate surface area is 152 Å². The van der Waals surface area contributed by atoms with Crippen molar-refractivity contribution in [3.05, 3.63) is 64.9 Å². The van der Waals surface area contributed by atoms with Crippen LogP contribution in [0.2, 0.25) is 5.02 Å². The summed E-state index contributed by atoms with van der Waals surface area (Å²) in [6.45, 7) is 0.286. The smallest absolute Gasteiger partial charge is 0.232 e. The van der Waals surface area contributed by atoms with Crippen molar-refractivity contribution < 1.29 is 18.3 Å². The molecule has 0 unspecified atom stereocenters. The molecule has 0 bridgehead atoms. The number of benzene rings is 2. The second-order valence-electron chi connectivity index (χ2n) is 6.04. The summed E-state index contributed by atoms with van der Waals surface area (Å²) in [6, 6.07) is 6.87. The predicted octanol–water partition coefficient (Wildman–Crippen LogP) is 4.67. The first-order valence-corrected chi connectivity index (χ1v) is 8.36. The van der Waals surface area contributed by atoms with Gasteiger partial charge >= 0.3 is 0 Å². The van der Waals surface area contributed by atoms with Gasteiger partial charge < -0.3 is 10.1 Å². The monoisotopic (exact) mass is 374 g/mol. The number of carbonyl (C=O) groups excluding carboxylic acids is 1. The Bertz CT molecular complexity index is 1030. The van der Waals surface area contributed by atoms with Crippen LogP contribution in [0.1, 0.15) is 17.9 Å². The summed E-state index contributed by atoms with van der Waals surface area (Å²) in [4.78, 5) is 16.9. The van der Waals surface area contributed by atoms with Crippen LogP contribution < -0.4 is 10.1 Å². The number of ether oxygens (including phenoxy) is 1. The summed E-state index contributed by atoms with van der Waals surface area (Å²) in [5.41, 5.74) is 0.938. The molecule has 0 radical (unpaired) electrons. The van der Waals surface area contributed by atoms with Gasteiger partial charge in [0.1, 0.15) is 17.4 Å². The van der Waals surface area contributed by atoms with Gasteiger partial charge in [-0.15, -0.1) is 0 Å². The van der Waals surface area contributed by atoms with Gasteiger partial charge in [0.2, 0.25) is 5.91 Å². The van der Waals surface area contributed by atoms with Gasteiger partial charge in [0.05, 0.1) is 29.4 Å². The summed E-state index contributed by atoms with van der Waals surface area (Å²) in [5, 5.41) is 3.99. The van der Waals surface area contributed by atoms with E-state index in [0.717, 1.165) is 0 Å². The van der Waals surface area contributed by atoms with E-state index in [1.807, 2.05) is 0 Å². The molecule has 3 aromatic rings. The molecule has 2 heterocycles. The SMILES string of the molecule is O=C(Nc1cncc2ccc(F)cc12)[C@H]1CCOc2cc(F)c(Cl)cc21. The van der Waals surface area contributed by atoms with E-state index >= 15 is 0 Å². The van der Waals surface area contributed by atoms with Gasteiger partial charge in [-0.05, 0) is 30.7 Å². The van der Waals surface area contributed by atoms with Crippen LogP contribution in [-0.4, -0.2) is 17.5 Å². The Hall–Kier alpha value is -2.73. The summed E-state index contributed by atoms with van der Waals surface area (Å²) in [6.07, 6.45) is 3.49. The molecule has 0 aliphatic carbocycles. The van der Waals surface area contributed by atoms with Gasteiger partial charge in [0, 0.05) is 28.6 Å². The minimum atomic E-state index is -0.597. The second-order valence-corrected chi connectivity index (χ2v) is 6.44. The lowest BCUT2D eigenvalue weighted by molar-refractivity contribution is -0.118. The molecule has 7 heteroatoms. The number of amides is 1. The van der Waals surface area contributed by atoms with Crippen molar-refractivity contribution in [2.24, 2.45) is 0 Å². The fraction of sp³-hybridized carbons (Fsp3) is 0.158. The molecule has 1 atom stereocenters. The molecule has 4 rings (SSSR count). The molecule has 2 aromatic carbocycles. The van der Waals surface area contributed by atoms with Crippen molar-refractivity contribution in [1.82, 2.24) is 4.98 Å². The molecular weight excluding hydrogens is 362 g/mol. The number of nitrogens with one attached hydrogen (secondary N) is 1. The van der Waals surface area contributed by atoms with E-state index < -0.39 is 17.6 Å². The zero-order chi connectivity index (χ0) is 18.3. The normalized spacial score (nSPS) is 16.0. The maximum absolute atomic E-state index is 13.6. The molecule has 1 N–H and O–H groups in total. The number of pyridine rings is 1. The summed E-state index contributed by atoms with van der Waals surface area (Å²) < 4.78 is 32.7. The van der Waals surface area contributed by atoms with Crippen molar-refractivity contribution in [3.8, 4) is 5.75 Å². The van der Waals surface area contributed by atoms with Crippen molar-refractivity contribution in [3.63, 3.8) is 0 Å². The number of halogens is 3. The average Bonchev–Trinajstić information content (AvgIpc) is 2.62. The van der Waals surface area contributed by atoms with Gasteiger partial charge in [-0.2, -0.15) is 0 Å². The number of hydrogen-bond acceptors (Lipinski definition) is 3. The standard InChI is InChI=1S/C19H13ClF2N2O2/c20-15-6-14-12(3-4-26-18(14)7-16(15)22)19(25)24-17-9-23-8-10-1-2-11(21)5-13(10)17/h1-2,5-9,12H,3-4H2,(H,24,25)/t12-/m0/s1.